The predicted octanol–water partition coefficient (Wildman–Crippen LogP) is 1.64. The molecule has 0 spiro atoms. The number of rotatable bonds is 4. The SMILES string of the molecule is O=C(/C=C/c1ccccc1)OC[C@H]1CO1. The van der Waals surface area contributed by atoms with Gasteiger partial charge in [0.2, 0.25) is 0 Å². The van der Waals surface area contributed by atoms with Gasteiger partial charge in [-0.05, 0) is 11.6 Å². The standard InChI is InChI=1S/C12H12O3/c13-12(15-9-11-8-14-11)7-6-10-4-2-1-3-5-10/h1-7,11H,8-9H2/b7-6+/t11-/m1/s1. The van der Waals surface area contributed by atoms with Gasteiger partial charge in [0.1, 0.15) is 12.7 Å². The largest absolute Gasteiger partial charge is 0.460 e. The van der Waals surface area contributed by atoms with E-state index in [-0.39, 0.29) is 12.1 Å². The summed E-state index contributed by atoms with van der Waals surface area (Å²) in [6, 6.07) is 9.62. The van der Waals surface area contributed by atoms with E-state index in [0.717, 1.165) is 5.56 Å². The maximum atomic E-state index is 11.2. The molecule has 0 N–H and O–H groups in total. The van der Waals surface area contributed by atoms with Crippen molar-refractivity contribution in [3.8, 4) is 0 Å². The molecule has 78 valence electrons. The average Bonchev–Trinajstić information content (AvgIpc) is 3.09. The quantitative estimate of drug-likeness (QED) is 0.425. The van der Waals surface area contributed by atoms with Gasteiger partial charge in [-0.2, -0.15) is 0 Å². The van der Waals surface area contributed by atoms with Gasteiger partial charge < -0.3 is 9.47 Å². The first kappa shape index (κ1) is 9.93. The first-order chi connectivity index (χ1) is 7.34. The Hall–Kier alpha value is -1.61. The fraction of sp³-hybridized carbons (Fsp3) is 0.250. The second kappa shape index (κ2) is 4.75. The first-order valence-electron chi connectivity index (χ1n) is 4.86. The van der Waals surface area contributed by atoms with Crippen LogP contribution in [0.15, 0.2) is 36.4 Å². The third-order valence-electron chi connectivity index (χ3n) is 2.03. The molecule has 0 radical (unpaired) electrons. The lowest BCUT2D eigenvalue weighted by Gasteiger charge is -1.97. The van der Waals surface area contributed by atoms with E-state index in [1.807, 2.05) is 30.3 Å². The second-order valence-corrected chi connectivity index (χ2v) is 3.33. The summed E-state index contributed by atoms with van der Waals surface area (Å²) in [5.41, 5.74) is 0.983. The third-order valence-corrected chi connectivity index (χ3v) is 2.03. The molecule has 1 aliphatic heterocycles. The molecule has 0 aromatic heterocycles. The van der Waals surface area contributed by atoms with Crippen molar-refractivity contribution in [3.63, 3.8) is 0 Å². The molecular formula is C12H12O3. The Morgan fingerprint density at radius 1 is 1.47 bits per heavy atom. The van der Waals surface area contributed by atoms with Gasteiger partial charge in [-0.1, -0.05) is 30.3 Å². The molecule has 3 nitrogen and oxygen atoms in total. The summed E-state index contributed by atoms with van der Waals surface area (Å²) in [6.45, 7) is 1.06. The third kappa shape index (κ3) is 3.56. The van der Waals surface area contributed by atoms with Crippen molar-refractivity contribution >= 4 is 12.0 Å². The summed E-state index contributed by atoms with van der Waals surface area (Å²) in [4.78, 5) is 11.2. The van der Waals surface area contributed by atoms with E-state index < -0.39 is 0 Å². The van der Waals surface area contributed by atoms with Crippen LogP contribution in [0.1, 0.15) is 5.56 Å². The summed E-state index contributed by atoms with van der Waals surface area (Å²) < 4.78 is 9.86. The number of epoxide rings is 1. The van der Waals surface area contributed by atoms with E-state index in [2.05, 4.69) is 0 Å². The van der Waals surface area contributed by atoms with E-state index in [1.54, 1.807) is 6.08 Å². The highest BCUT2D eigenvalue weighted by atomic mass is 16.6. The van der Waals surface area contributed by atoms with E-state index in [4.69, 9.17) is 9.47 Å². The molecule has 1 atom stereocenters. The van der Waals surface area contributed by atoms with E-state index >= 15 is 0 Å². The van der Waals surface area contributed by atoms with Crippen molar-refractivity contribution in [3.05, 3.63) is 42.0 Å². The van der Waals surface area contributed by atoms with Crippen LogP contribution in [0.3, 0.4) is 0 Å². The fourth-order valence-electron chi connectivity index (χ4n) is 1.12. The molecule has 1 aliphatic rings. The van der Waals surface area contributed by atoms with Crippen LogP contribution in [0.5, 0.6) is 0 Å². The van der Waals surface area contributed by atoms with Crippen LogP contribution in [0.4, 0.5) is 0 Å². The highest BCUT2D eigenvalue weighted by Gasteiger charge is 2.23. The van der Waals surface area contributed by atoms with Gasteiger partial charge in [0.25, 0.3) is 0 Å². The van der Waals surface area contributed by atoms with Gasteiger partial charge in [0, 0.05) is 6.08 Å². The Morgan fingerprint density at radius 3 is 2.87 bits per heavy atom. The lowest BCUT2D eigenvalue weighted by molar-refractivity contribution is -0.138. The summed E-state index contributed by atoms with van der Waals surface area (Å²) in [5, 5.41) is 0. The number of carbonyl (C=O) groups excluding carboxylic acids is 1. The number of benzene rings is 1. The average molecular weight is 204 g/mol. The highest BCUT2D eigenvalue weighted by Crippen LogP contribution is 2.08. The van der Waals surface area contributed by atoms with E-state index in [0.29, 0.717) is 13.2 Å². The van der Waals surface area contributed by atoms with Crippen LogP contribution in [-0.4, -0.2) is 25.3 Å². The van der Waals surface area contributed by atoms with Crippen molar-refractivity contribution in [1.29, 1.82) is 0 Å². The molecule has 1 aromatic carbocycles. The molecule has 0 saturated carbocycles. The Bertz CT molecular complexity index is 352. The van der Waals surface area contributed by atoms with Crippen LogP contribution < -0.4 is 0 Å². The smallest absolute Gasteiger partial charge is 0.330 e. The molecular weight excluding hydrogens is 192 g/mol. The van der Waals surface area contributed by atoms with Crippen LogP contribution in [-0.2, 0) is 14.3 Å². The molecule has 0 bridgehead atoms. The van der Waals surface area contributed by atoms with Gasteiger partial charge in [-0.3, -0.25) is 0 Å². The topological polar surface area (TPSA) is 38.8 Å². The zero-order valence-electron chi connectivity index (χ0n) is 8.26. The minimum absolute atomic E-state index is 0.124. The molecule has 1 fully saturated rings. The molecule has 0 amide bonds. The van der Waals surface area contributed by atoms with Crippen LogP contribution in [0.2, 0.25) is 0 Å². The summed E-state index contributed by atoms with van der Waals surface area (Å²) in [7, 11) is 0. The zero-order chi connectivity index (χ0) is 10.5. The highest BCUT2D eigenvalue weighted by molar-refractivity contribution is 5.87. The van der Waals surface area contributed by atoms with Crippen LogP contribution in [0.25, 0.3) is 6.08 Å². The van der Waals surface area contributed by atoms with Crippen LogP contribution >= 0.6 is 0 Å². The lowest BCUT2D eigenvalue weighted by Crippen LogP contribution is -2.06. The lowest BCUT2D eigenvalue weighted by atomic mass is 10.2. The first-order valence-corrected chi connectivity index (χ1v) is 4.86. The monoisotopic (exact) mass is 204 g/mol. The number of hydrogen-bond donors (Lipinski definition) is 0. The van der Waals surface area contributed by atoms with Gasteiger partial charge in [0.05, 0.1) is 6.61 Å². The molecule has 1 heterocycles. The van der Waals surface area contributed by atoms with Gasteiger partial charge in [0.15, 0.2) is 0 Å². The number of carbonyl (C=O) groups is 1. The Morgan fingerprint density at radius 2 is 2.20 bits per heavy atom. The maximum absolute atomic E-state index is 11.2. The van der Waals surface area contributed by atoms with Crippen molar-refractivity contribution in [2.45, 2.75) is 6.10 Å². The molecule has 2 rings (SSSR count). The molecule has 0 unspecified atom stereocenters. The predicted molar refractivity (Wildman–Crippen MR) is 56.2 cm³/mol. The van der Waals surface area contributed by atoms with E-state index in [1.165, 1.54) is 6.08 Å². The minimum Gasteiger partial charge on any atom is -0.460 e. The fourth-order valence-corrected chi connectivity index (χ4v) is 1.12. The van der Waals surface area contributed by atoms with Crippen molar-refractivity contribution in [2.75, 3.05) is 13.2 Å². The summed E-state index contributed by atoms with van der Waals surface area (Å²) in [6.07, 6.45) is 3.28. The summed E-state index contributed by atoms with van der Waals surface area (Å²) in [5.74, 6) is -0.325. The van der Waals surface area contributed by atoms with Crippen molar-refractivity contribution in [1.82, 2.24) is 0 Å². The second-order valence-electron chi connectivity index (χ2n) is 3.33. The van der Waals surface area contributed by atoms with Crippen molar-refractivity contribution in [2.24, 2.45) is 0 Å². The summed E-state index contributed by atoms with van der Waals surface area (Å²) >= 11 is 0. The molecule has 0 aliphatic carbocycles. The molecule has 1 saturated heterocycles. The van der Waals surface area contributed by atoms with E-state index in [9.17, 15) is 4.79 Å². The Balaban J connectivity index is 1.79. The van der Waals surface area contributed by atoms with Crippen molar-refractivity contribution < 1.29 is 14.3 Å². The zero-order valence-corrected chi connectivity index (χ0v) is 8.26. The number of hydrogen-bond acceptors (Lipinski definition) is 3. The van der Waals surface area contributed by atoms with Crippen LogP contribution in [0, 0.1) is 0 Å². The Kier molecular flexibility index (Phi) is 3.15. The minimum atomic E-state index is -0.325. The Labute approximate surface area is 88.3 Å². The molecule has 1 aromatic rings. The maximum Gasteiger partial charge on any atom is 0.330 e. The van der Waals surface area contributed by atoms with Gasteiger partial charge >= 0.3 is 5.97 Å². The number of esters is 1. The normalized spacial score (nSPS) is 19.1. The van der Waals surface area contributed by atoms with Gasteiger partial charge in [-0.25, -0.2) is 4.79 Å². The van der Waals surface area contributed by atoms with Gasteiger partial charge in [-0.15, -0.1) is 0 Å². The molecule has 15 heavy (non-hydrogen) atoms. The number of ether oxygens (including phenoxy) is 2. The molecule has 3 heteroatoms.